The van der Waals surface area contributed by atoms with Crippen molar-refractivity contribution in [3.63, 3.8) is 0 Å². The summed E-state index contributed by atoms with van der Waals surface area (Å²) in [6, 6.07) is 18.9. The number of aromatic nitrogens is 4. The van der Waals surface area contributed by atoms with Gasteiger partial charge in [-0.2, -0.15) is 5.10 Å². The smallest absolute Gasteiger partial charge is 0.247 e. The Morgan fingerprint density at radius 3 is 2.92 bits per heavy atom. The van der Waals surface area contributed by atoms with Crippen LogP contribution in [-0.4, -0.2) is 45.5 Å². The molecule has 1 aliphatic heterocycles. The van der Waals surface area contributed by atoms with E-state index in [4.69, 9.17) is 13.6 Å². The van der Waals surface area contributed by atoms with E-state index in [1.165, 1.54) is 6.07 Å². The number of rotatable bonds is 6. The first-order valence-corrected chi connectivity index (χ1v) is 13.0. The Morgan fingerprint density at radius 1 is 1.08 bits per heavy atom. The average molecular weight is 524 g/mol. The van der Waals surface area contributed by atoms with Gasteiger partial charge >= 0.3 is 0 Å². The van der Waals surface area contributed by atoms with E-state index in [1.807, 2.05) is 36.4 Å². The van der Waals surface area contributed by atoms with Crippen molar-refractivity contribution in [1.29, 1.82) is 0 Å². The Balaban J connectivity index is 1.14. The average Bonchev–Trinajstić information content (AvgIpc) is 3.73. The normalized spacial score (nSPS) is 16.3. The Morgan fingerprint density at radius 2 is 2.00 bits per heavy atom. The number of hydrogen-bond acceptors (Lipinski definition) is 7. The van der Waals surface area contributed by atoms with Crippen LogP contribution in [0.15, 0.2) is 75.8 Å². The molecule has 7 rings (SSSR count). The van der Waals surface area contributed by atoms with Crippen LogP contribution < -0.4 is 4.74 Å². The summed E-state index contributed by atoms with van der Waals surface area (Å²) in [5.41, 5.74) is 5.01. The fourth-order valence-corrected chi connectivity index (χ4v) is 5.51. The zero-order valence-electron chi connectivity index (χ0n) is 21.4. The van der Waals surface area contributed by atoms with E-state index in [0.29, 0.717) is 36.2 Å². The van der Waals surface area contributed by atoms with Crippen molar-refractivity contribution < 1.29 is 18.0 Å². The summed E-state index contributed by atoms with van der Waals surface area (Å²) < 4.78 is 31.6. The maximum atomic E-state index is 14.5. The van der Waals surface area contributed by atoms with E-state index in [9.17, 15) is 4.39 Å². The molecule has 0 spiro atoms. The lowest BCUT2D eigenvalue weighted by Gasteiger charge is -2.31. The van der Waals surface area contributed by atoms with Gasteiger partial charge < -0.3 is 13.6 Å². The van der Waals surface area contributed by atoms with Gasteiger partial charge in [0.25, 0.3) is 0 Å². The Kier molecular flexibility index (Phi) is 5.85. The Hall–Kier alpha value is -4.50. The standard InChI is InChI=1S/C30H26FN5O3/c1-37-27-6-2-5-24(31)23(27)17-36-12-3-4-21(16-36)30-35-34-29(39-30)20-7-9-25-22(15-20)28(33-32-25)19-8-10-26-18(14-19)11-13-38-26/h2,5-11,13-15,21H,3-4,12,16-17H2,1H3,(H,32,33)/t21-/m1/s1. The molecular formula is C30H26FN5O3. The van der Waals surface area contributed by atoms with Crippen molar-refractivity contribution >= 4 is 21.9 Å². The van der Waals surface area contributed by atoms with Crippen LogP contribution in [0.5, 0.6) is 5.75 Å². The summed E-state index contributed by atoms with van der Waals surface area (Å²) in [6.45, 7) is 2.05. The minimum atomic E-state index is -0.254. The molecule has 4 heterocycles. The van der Waals surface area contributed by atoms with Gasteiger partial charge in [0.1, 0.15) is 17.1 Å². The number of benzene rings is 3. The van der Waals surface area contributed by atoms with Crippen molar-refractivity contribution in [1.82, 2.24) is 25.3 Å². The molecule has 1 saturated heterocycles. The highest BCUT2D eigenvalue weighted by atomic mass is 19.1. The van der Waals surface area contributed by atoms with Gasteiger partial charge in [0.2, 0.25) is 11.8 Å². The van der Waals surface area contributed by atoms with E-state index < -0.39 is 0 Å². The van der Waals surface area contributed by atoms with Crippen molar-refractivity contribution in [3.05, 3.63) is 84.2 Å². The van der Waals surface area contributed by atoms with Crippen molar-refractivity contribution in [2.24, 2.45) is 0 Å². The molecule has 1 fully saturated rings. The molecule has 196 valence electrons. The molecule has 1 atom stereocenters. The Labute approximate surface area is 223 Å². The highest BCUT2D eigenvalue weighted by Crippen LogP contribution is 2.34. The minimum Gasteiger partial charge on any atom is -0.496 e. The second-order valence-corrected chi connectivity index (χ2v) is 9.95. The second-order valence-electron chi connectivity index (χ2n) is 9.95. The Bertz CT molecular complexity index is 1790. The molecule has 6 aromatic rings. The van der Waals surface area contributed by atoms with Gasteiger partial charge in [-0.15, -0.1) is 10.2 Å². The van der Waals surface area contributed by atoms with Crippen LogP contribution in [0.1, 0.15) is 30.2 Å². The lowest BCUT2D eigenvalue weighted by atomic mass is 9.97. The van der Waals surface area contributed by atoms with Gasteiger partial charge in [-0.05, 0) is 74.0 Å². The molecule has 0 aliphatic carbocycles. The fourth-order valence-electron chi connectivity index (χ4n) is 5.51. The van der Waals surface area contributed by atoms with Crippen LogP contribution in [0.25, 0.3) is 44.6 Å². The molecule has 9 heteroatoms. The van der Waals surface area contributed by atoms with Crippen LogP contribution in [0.2, 0.25) is 0 Å². The maximum Gasteiger partial charge on any atom is 0.247 e. The number of methoxy groups -OCH3 is 1. The number of furan rings is 1. The molecule has 39 heavy (non-hydrogen) atoms. The molecule has 0 radical (unpaired) electrons. The zero-order chi connectivity index (χ0) is 26.3. The number of ether oxygens (including phenoxy) is 1. The van der Waals surface area contributed by atoms with Gasteiger partial charge in [0, 0.05) is 40.6 Å². The summed E-state index contributed by atoms with van der Waals surface area (Å²) in [4.78, 5) is 2.22. The van der Waals surface area contributed by atoms with Gasteiger partial charge in [-0.25, -0.2) is 4.39 Å². The molecule has 3 aromatic heterocycles. The lowest BCUT2D eigenvalue weighted by molar-refractivity contribution is 0.182. The predicted octanol–water partition coefficient (Wildman–Crippen LogP) is 6.55. The maximum absolute atomic E-state index is 14.5. The number of halogens is 1. The summed E-state index contributed by atoms with van der Waals surface area (Å²) in [7, 11) is 1.57. The first-order chi connectivity index (χ1) is 19.2. The number of nitrogens with zero attached hydrogens (tertiary/aromatic N) is 4. The fraction of sp³-hybridized carbons (Fsp3) is 0.233. The quantitative estimate of drug-likeness (QED) is 0.264. The van der Waals surface area contributed by atoms with Gasteiger partial charge in [0.15, 0.2) is 0 Å². The third-order valence-electron chi connectivity index (χ3n) is 7.51. The molecule has 0 unspecified atom stereocenters. The van der Waals surface area contributed by atoms with Crippen molar-refractivity contribution in [3.8, 4) is 28.5 Å². The zero-order valence-corrected chi connectivity index (χ0v) is 21.4. The SMILES string of the molecule is COc1cccc(F)c1CN1CCC[C@@H](c2nnc(-c3ccc4[nH]nc(-c5ccc6occc6c5)c4c3)o2)C1. The van der Waals surface area contributed by atoms with Crippen LogP contribution in [0.4, 0.5) is 4.39 Å². The number of fused-ring (bicyclic) bond motifs is 2. The van der Waals surface area contributed by atoms with Crippen LogP contribution in [0, 0.1) is 5.82 Å². The third-order valence-corrected chi connectivity index (χ3v) is 7.51. The highest BCUT2D eigenvalue weighted by molar-refractivity contribution is 5.97. The van der Waals surface area contributed by atoms with E-state index in [2.05, 4.69) is 31.4 Å². The summed E-state index contributed by atoms with van der Waals surface area (Å²) in [6.07, 6.45) is 3.59. The van der Waals surface area contributed by atoms with Crippen molar-refractivity contribution in [2.45, 2.75) is 25.3 Å². The van der Waals surface area contributed by atoms with Crippen LogP contribution >= 0.6 is 0 Å². The largest absolute Gasteiger partial charge is 0.496 e. The molecule has 0 amide bonds. The van der Waals surface area contributed by atoms with Gasteiger partial charge in [-0.3, -0.25) is 10.00 Å². The molecule has 0 saturated carbocycles. The first kappa shape index (κ1) is 23.6. The third kappa shape index (κ3) is 4.34. The monoisotopic (exact) mass is 523 g/mol. The molecule has 8 nitrogen and oxygen atoms in total. The first-order valence-electron chi connectivity index (χ1n) is 13.0. The van der Waals surface area contributed by atoms with E-state index in [1.54, 1.807) is 25.5 Å². The lowest BCUT2D eigenvalue weighted by Crippen LogP contribution is -2.34. The molecular weight excluding hydrogens is 497 g/mol. The number of H-pyrrole nitrogens is 1. The number of likely N-dealkylation sites (tertiary alicyclic amines) is 1. The van der Waals surface area contributed by atoms with E-state index >= 15 is 0 Å². The van der Waals surface area contributed by atoms with E-state index in [-0.39, 0.29) is 11.7 Å². The summed E-state index contributed by atoms with van der Waals surface area (Å²) in [5, 5.41) is 18.5. The van der Waals surface area contributed by atoms with Gasteiger partial charge in [-0.1, -0.05) is 6.07 Å². The van der Waals surface area contributed by atoms with E-state index in [0.717, 1.165) is 58.1 Å². The van der Waals surface area contributed by atoms with Gasteiger partial charge in [0.05, 0.1) is 30.5 Å². The van der Waals surface area contributed by atoms with Crippen LogP contribution in [0.3, 0.4) is 0 Å². The molecule has 3 aromatic carbocycles. The number of aromatic amines is 1. The predicted molar refractivity (Wildman–Crippen MR) is 145 cm³/mol. The highest BCUT2D eigenvalue weighted by Gasteiger charge is 2.27. The number of piperidine rings is 1. The molecule has 1 aliphatic rings. The minimum absolute atomic E-state index is 0.0765. The summed E-state index contributed by atoms with van der Waals surface area (Å²) in [5.74, 6) is 1.46. The number of hydrogen-bond donors (Lipinski definition) is 1. The molecule has 1 N–H and O–H groups in total. The second kappa shape index (κ2) is 9.67. The topological polar surface area (TPSA) is 93.2 Å². The molecule has 0 bridgehead atoms. The summed E-state index contributed by atoms with van der Waals surface area (Å²) >= 11 is 0. The van der Waals surface area contributed by atoms with Crippen molar-refractivity contribution in [2.75, 3.05) is 20.2 Å². The van der Waals surface area contributed by atoms with Crippen LogP contribution in [-0.2, 0) is 6.54 Å². The number of nitrogens with one attached hydrogen (secondary N) is 1.